The third-order valence-corrected chi connectivity index (χ3v) is 1.91. The second-order valence-electron chi connectivity index (χ2n) is 2.97. The first-order valence-corrected chi connectivity index (χ1v) is 3.92. The molecule has 0 aromatic heterocycles. The predicted octanol–water partition coefficient (Wildman–Crippen LogP) is 1.60. The summed E-state index contributed by atoms with van der Waals surface area (Å²) in [7, 11) is 1.70. The lowest BCUT2D eigenvalue weighted by atomic mass is 10.0. The number of ether oxygens (including phenoxy) is 1. The Kier molecular flexibility index (Phi) is 5.16. The SMILES string of the molecule is COC(C)C(C)C=C(C)CO. The van der Waals surface area contributed by atoms with E-state index in [1.807, 2.05) is 19.9 Å². The van der Waals surface area contributed by atoms with Crippen molar-refractivity contribution in [2.24, 2.45) is 5.92 Å². The molecular formula is C9H18O2. The molecule has 66 valence electrons. The van der Waals surface area contributed by atoms with Crippen LogP contribution in [0.4, 0.5) is 0 Å². The summed E-state index contributed by atoms with van der Waals surface area (Å²) in [6.07, 6.45) is 2.25. The van der Waals surface area contributed by atoms with Crippen molar-refractivity contribution in [3.8, 4) is 0 Å². The van der Waals surface area contributed by atoms with Crippen molar-refractivity contribution < 1.29 is 9.84 Å². The molecule has 11 heavy (non-hydrogen) atoms. The van der Waals surface area contributed by atoms with Gasteiger partial charge in [0.1, 0.15) is 0 Å². The van der Waals surface area contributed by atoms with Crippen LogP contribution < -0.4 is 0 Å². The molecular weight excluding hydrogens is 140 g/mol. The third kappa shape index (κ3) is 4.17. The maximum absolute atomic E-state index is 8.73. The Morgan fingerprint density at radius 1 is 1.55 bits per heavy atom. The van der Waals surface area contributed by atoms with Crippen LogP contribution in [0, 0.1) is 5.92 Å². The molecule has 0 heterocycles. The average molecular weight is 158 g/mol. The minimum Gasteiger partial charge on any atom is -0.392 e. The summed E-state index contributed by atoms with van der Waals surface area (Å²) in [5.74, 6) is 0.368. The van der Waals surface area contributed by atoms with Crippen molar-refractivity contribution in [3.05, 3.63) is 11.6 Å². The summed E-state index contributed by atoms with van der Waals surface area (Å²) >= 11 is 0. The topological polar surface area (TPSA) is 29.5 Å². The monoisotopic (exact) mass is 158 g/mol. The Bertz CT molecular complexity index is 130. The van der Waals surface area contributed by atoms with Crippen LogP contribution in [0.5, 0.6) is 0 Å². The van der Waals surface area contributed by atoms with Crippen LogP contribution in [0.25, 0.3) is 0 Å². The van der Waals surface area contributed by atoms with Gasteiger partial charge in [-0.3, -0.25) is 0 Å². The van der Waals surface area contributed by atoms with Crippen molar-refractivity contribution >= 4 is 0 Å². The second kappa shape index (κ2) is 5.33. The standard InChI is InChI=1S/C9H18O2/c1-7(6-10)5-8(2)9(3)11-4/h5,8-10H,6H2,1-4H3. The van der Waals surface area contributed by atoms with E-state index in [2.05, 4.69) is 6.92 Å². The van der Waals surface area contributed by atoms with E-state index in [1.54, 1.807) is 7.11 Å². The lowest BCUT2D eigenvalue weighted by Gasteiger charge is -2.15. The van der Waals surface area contributed by atoms with Crippen LogP contribution in [0.2, 0.25) is 0 Å². The number of aliphatic hydroxyl groups excluding tert-OH is 1. The van der Waals surface area contributed by atoms with E-state index in [-0.39, 0.29) is 12.7 Å². The van der Waals surface area contributed by atoms with Crippen molar-refractivity contribution in [3.63, 3.8) is 0 Å². The van der Waals surface area contributed by atoms with Crippen molar-refractivity contribution in [1.29, 1.82) is 0 Å². The van der Waals surface area contributed by atoms with Crippen LogP contribution in [0.1, 0.15) is 20.8 Å². The number of hydrogen-bond acceptors (Lipinski definition) is 2. The van der Waals surface area contributed by atoms with Crippen LogP contribution in [-0.2, 0) is 4.74 Å². The fourth-order valence-electron chi connectivity index (χ4n) is 0.852. The Labute approximate surface area is 68.9 Å². The van der Waals surface area contributed by atoms with Crippen molar-refractivity contribution in [2.75, 3.05) is 13.7 Å². The molecule has 0 aromatic rings. The first kappa shape index (κ1) is 10.7. The summed E-state index contributed by atoms with van der Waals surface area (Å²) in [5, 5.41) is 8.73. The van der Waals surface area contributed by atoms with E-state index < -0.39 is 0 Å². The van der Waals surface area contributed by atoms with Gasteiger partial charge in [-0.2, -0.15) is 0 Å². The summed E-state index contributed by atoms with van der Waals surface area (Å²) in [6.45, 7) is 6.15. The minimum atomic E-state index is 0.140. The molecule has 0 aliphatic carbocycles. The zero-order valence-electron chi connectivity index (χ0n) is 7.79. The molecule has 0 rings (SSSR count). The fraction of sp³-hybridized carbons (Fsp3) is 0.778. The van der Waals surface area contributed by atoms with Gasteiger partial charge in [0.15, 0.2) is 0 Å². The van der Waals surface area contributed by atoms with Gasteiger partial charge in [-0.1, -0.05) is 18.6 Å². The van der Waals surface area contributed by atoms with Crippen LogP contribution >= 0.6 is 0 Å². The molecule has 0 aromatic carbocycles. The second-order valence-corrected chi connectivity index (χ2v) is 2.97. The molecule has 0 fully saturated rings. The lowest BCUT2D eigenvalue weighted by molar-refractivity contribution is 0.0894. The van der Waals surface area contributed by atoms with Crippen LogP contribution in [-0.4, -0.2) is 24.9 Å². The van der Waals surface area contributed by atoms with E-state index >= 15 is 0 Å². The Hall–Kier alpha value is -0.340. The lowest BCUT2D eigenvalue weighted by Crippen LogP contribution is -2.14. The highest BCUT2D eigenvalue weighted by Crippen LogP contribution is 2.09. The van der Waals surface area contributed by atoms with Gasteiger partial charge in [0.2, 0.25) is 0 Å². The molecule has 2 heteroatoms. The largest absolute Gasteiger partial charge is 0.392 e. The third-order valence-electron chi connectivity index (χ3n) is 1.91. The average Bonchev–Trinajstić information content (AvgIpc) is 2.02. The smallest absolute Gasteiger partial charge is 0.0639 e. The highest BCUT2D eigenvalue weighted by Gasteiger charge is 2.07. The summed E-state index contributed by atoms with van der Waals surface area (Å²) in [4.78, 5) is 0. The number of hydrogen-bond donors (Lipinski definition) is 1. The number of rotatable bonds is 4. The van der Waals surface area contributed by atoms with Gasteiger partial charge in [0, 0.05) is 13.0 Å². The zero-order valence-corrected chi connectivity index (χ0v) is 7.79. The molecule has 0 radical (unpaired) electrons. The van der Waals surface area contributed by atoms with Gasteiger partial charge < -0.3 is 9.84 Å². The Balaban J connectivity index is 3.93. The number of methoxy groups -OCH3 is 1. The highest BCUT2D eigenvalue weighted by atomic mass is 16.5. The molecule has 0 aliphatic rings. The van der Waals surface area contributed by atoms with E-state index in [0.717, 1.165) is 5.57 Å². The van der Waals surface area contributed by atoms with E-state index in [9.17, 15) is 0 Å². The highest BCUT2D eigenvalue weighted by molar-refractivity contribution is 5.01. The maximum atomic E-state index is 8.73. The molecule has 0 aliphatic heterocycles. The van der Waals surface area contributed by atoms with Gasteiger partial charge in [-0.15, -0.1) is 0 Å². The summed E-state index contributed by atoms with van der Waals surface area (Å²) < 4.78 is 5.13. The van der Waals surface area contributed by atoms with Gasteiger partial charge in [-0.05, 0) is 13.8 Å². The molecule has 0 saturated carbocycles. The molecule has 0 spiro atoms. The number of aliphatic hydroxyl groups is 1. The van der Waals surface area contributed by atoms with Gasteiger partial charge >= 0.3 is 0 Å². The normalized spacial score (nSPS) is 18.1. The Morgan fingerprint density at radius 2 is 2.09 bits per heavy atom. The van der Waals surface area contributed by atoms with Crippen molar-refractivity contribution in [2.45, 2.75) is 26.9 Å². The first-order valence-electron chi connectivity index (χ1n) is 3.92. The molecule has 2 nitrogen and oxygen atoms in total. The Morgan fingerprint density at radius 3 is 2.45 bits per heavy atom. The fourth-order valence-corrected chi connectivity index (χ4v) is 0.852. The maximum Gasteiger partial charge on any atom is 0.0639 e. The van der Waals surface area contributed by atoms with Crippen LogP contribution in [0.15, 0.2) is 11.6 Å². The minimum absolute atomic E-state index is 0.140. The van der Waals surface area contributed by atoms with Crippen LogP contribution in [0.3, 0.4) is 0 Å². The van der Waals surface area contributed by atoms with E-state index in [1.165, 1.54) is 0 Å². The first-order chi connectivity index (χ1) is 5.11. The molecule has 0 bridgehead atoms. The molecule has 0 saturated heterocycles. The zero-order chi connectivity index (χ0) is 8.85. The van der Waals surface area contributed by atoms with E-state index in [0.29, 0.717) is 5.92 Å². The van der Waals surface area contributed by atoms with Crippen molar-refractivity contribution in [1.82, 2.24) is 0 Å². The quantitative estimate of drug-likeness (QED) is 0.630. The molecule has 2 unspecified atom stereocenters. The van der Waals surface area contributed by atoms with Gasteiger partial charge in [0.25, 0.3) is 0 Å². The molecule has 0 amide bonds. The molecule has 2 atom stereocenters. The predicted molar refractivity (Wildman–Crippen MR) is 46.5 cm³/mol. The van der Waals surface area contributed by atoms with Gasteiger partial charge in [0.05, 0.1) is 12.7 Å². The summed E-state index contributed by atoms with van der Waals surface area (Å²) in [6, 6.07) is 0. The molecule has 1 N–H and O–H groups in total. The summed E-state index contributed by atoms with van der Waals surface area (Å²) in [5.41, 5.74) is 1.00. The van der Waals surface area contributed by atoms with Gasteiger partial charge in [-0.25, -0.2) is 0 Å². The van der Waals surface area contributed by atoms with E-state index in [4.69, 9.17) is 9.84 Å².